The van der Waals surface area contributed by atoms with Crippen LogP contribution in [-0.4, -0.2) is 4.57 Å². The number of nitrogens with zero attached hydrogens (tertiary/aromatic N) is 2. The number of aromatic nitrogens is 1. The SMILES string of the molecule is N#Cc1cc(Cn2ccc(=O)c(N)c2)ccc1F. The smallest absolute Gasteiger partial charge is 0.204 e. The molecule has 0 saturated carbocycles. The van der Waals surface area contributed by atoms with Gasteiger partial charge in [-0.2, -0.15) is 5.26 Å². The molecular formula is C13H10FN3O. The second-order valence-corrected chi connectivity index (χ2v) is 3.86. The van der Waals surface area contributed by atoms with Gasteiger partial charge >= 0.3 is 0 Å². The summed E-state index contributed by atoms with van der Waals surface area (Å²) in [6, 6.07) is 7.46. The molecule has 0 atom stereocenters. The van der Waals surface area contributed by atoms with Gasteiger partial charge in [0, 0.05) is 25.0 Å². The Bertz CT molecular complexity index is 685. The highest BCUT2D eigenvalue weighted by atomic mass is 19.1. The van der Waals surface area contributed by atoms with Crippen molar-refractivity contribution in [3.05, 3.63) is 63.8 Å². The lowest BCUT2D eigenvalue weighted by atomic mass is 10.1. The Labute approximate surface area is 103 Å². The van der Waals surface area contributed by atoms with Crippen LogP contribution < -0.4 is 11.2 Å². The molecule has 1 heterocycles. The summed E-state index contributed by atoms with van der Waals surface area (Å²) in [5.41, 5.74) is 6.19. The van der Waals surface area contributed by atoms with E-state index in [0.29, 0.717) is 6.54 Å². The van der Waals surface area contributed by atoms with E-state index in [9.17, 15) is 9.18 Å². The van der Waals surface area contributed by atoms with E-state index in [1.807, 2.05) is 0 Å². The van der Waals surface area contributed by atoms with Crippen molar-refractivity contribution in [3.8, 4) is 6.07 Å². The number of rotatable bonds is 2. The van der Waals surface area contributed by atoms with Crippen LogP contribution in [0.3, 0.4) is 0 Å². The van der Waals surface area contributed by atoms with Crippen molar-refractivity contribution in [3.63, 3.8) is 0 Å². The normalized spacial score (nSPS) is 10.0. The van der Waals surface area contributed by atoms with Crippen molar-refractivity contribution >= 4 is 5.69 Å². The van der Waals surface area contributed by atoms with E-state index in [1.165, 1.54) is 24.4 Å². The molecule has 2 N–H and O–H groups in total. The van der Waals surface area contributed by atoms with Crippen LogP contribution in [0.4, 0.5) is 10.1 Å². The molecule has 0 radical (unpaired) electrons. The Morgan fingerprint density at radius 2 is 2.17 bits per heavy atom. The van der Waals surface area contributed by atoms with Crippen LogP contribution in [-0.2, 0) is 6.54 Å². The van der Waals surface area contributed by atoms with Gasteiger partial charge in [0.25, 0.3) is 0 Å². The maximum atomic E-state index is 13.1. The lowest BCUT2D eigenvalue weighted by Gasteiger charge is -2.07. The zero-order valence-electron chi connectivity index (χ0n) is 9.43. The molecule has 18 heavy (non-hydrogen) atoms. The minimum atomic E-state index is -0.541. The molecule has 0 aliphatic heterocycles. The standard InChI is InChI=1S/C13H10FN3O/c14-11-2-1-9(5-10(11)6-15)7-17-4-3-13(18)12(16)8-17/h1-5,8H,7,16H2. The molecule has 0 fully saturated rings. The fourth-order valence-electron chi connectivity index (χ4n) is 1.61. The molecule has 4 nitrogen and oxygen atoms in total. The summed E-state index contributed by atoms with van der Waals surface area (Å²) in [5.74, 6) is -0.541. The summed E-state index contributed by atoms with van der Waals surface area (Å²) in [6.45, 7) is 0.416. The van der Waals surface area contributed by atoms with Crippen LogP contribution in [0.15, 0.2) is 41.5 Å². The van der Waals surface area contributed by atoms with Gasteiger partial charge in [0.1, 0.15) is 11.9 Å². The van der Waals surface area contributed by atoms with Crippen molar-refractivity contribution in [1.82, 2.24) is 4.57 Å². The molecule has 2 aromatic rings. The summed E-state index contributed by atoms with van der Waals surface area (Å²) in [7, 11) is 0. The zero-order valence-corrected chi connectivity index (χ0v) is 9.43. The second kappa shape index (κ2) is 4.72. The fraction of sp³-hybridized carbons (Fsp3) is 0.0769. The molecule has 0 spiro atoms. The van der Waals surface area contributed by atoms with Gasteiger partial charge in [-0.1, -0.05) is 6.07 Å². The third-order valence-corrected chi connectivity index (χ3v) is 2.52. The van der Waals surface area contributed by atoms with Gasteiger partial charge in [-0.05, 0) is 17.7 Å². The van der Waals surface area contributed by atoms with Gasteiger partial charge in [0.15, 0.2) is 0 Å². The largest absolute Gasteiger partial charge is 0.394 e. The van der Waals surface area contributed by atoms with Crippen molar-refractivity contribution in [2.75, 3.05) is 5.73 Å². The van der Waals surface area contributed by atoms with E-state index in [1.54, 1.807) is 22.9 Å². The van der Waals surface area contributed by atoms with Crippen molar-refractivity contribution in [2.24, 2.45) is 0 Å². The van der Waals surface area contributed by atoms with E-state index >= 15 is 0 Å². The molecule has 0 amide bonds. The van der Waals surface area contributed by atoms with Crippen LogP contribution in [0, 0.1) is 17.1 Å². The highest BCUT2D eigenvalue weighted by Crippen LogP contribution is 2.11. The van der Waals surface area contributed by atoms with E-state index in [-0.39, 0.29) is 16.7 Å². The van der Waals surface area contributed by atoms with Crippen molar-refractivity contribution in [1.29, 1.82) is 5.26 Å². The Kier molecular flexibility index (Phi) is 3.11. The second-order valence-electron chi connectivity index (χ2n) is 3.86. The summed E-state index contributed by atoms with van der Waals surface area (Å²) < 4.78 is 14.8. The fourth-order valence-corrected chi connectivity index (χ4v) is 1.61. The first-order valence-electron chi connectivity index (χ1n) is 5.24. The van der Waals surface area contributed by atoms with Crippen molar-refractivity contribution in [2.45, 2.75) is 6.54 Å². The molecule has 0 bridgehead atoms. The zero-order chi connectivity index (χ0) is 13.1. The Morgan fingerprint density at radius 3 is 2.83 bits per heavy atom. The number of nitrogen functional groups attached to an aromatic ring is 1. The van der Waals surface area contributed by atoms with Crippen LogP contribution in [0.1, 0.15) is 11.1 Å². The highest BCUT2D eigenvalue weighted by Gasteiger charge is 2.03. The molecule has 0 saturated heterocycles. The Morgan fingerprint density at radius 1 is 1.39 bits per heavy atom. The summed E-state index contributed by atoms with van der Waals surface area (Å²) in [4.78, 5) is 11.1. The Hall–Kier alpha value is -2.61. The number of anilines is 1. The van der Waals surface area contributed by atoms with Gasteiger partial charge in [-0.15, -0.1) is 0 Å². The minimum Gasteiger partial charge on any atom is -0.394 e. The number of nitriles is 1. The van der Waals surface area contributed by atoms with Gasteiger partial charge < -0.3 is 10.3 Å². The molecule has 1 aromatic heterocycles. The third kappa shape index (κ3) is 2.38. The molecular weight excluding hydrogens is 233 g/mol. The van der Waals surface area contributed by atoms with Crippen LogP contribution in [0.25, 0.3) is 0 Å². The molecule has 90 valence electrons. The molecule has 0 unspecified atom stereocenters. The van der Waals surface area contributed by atoms with Crippen LogP contribution in [0.5, 0.6) is 0 Å². The maximum Gasteiger partial charge on any atom is 0.204 e. The van der Waals surface area contributed by atoms with Gasteiger partial charge in [-0.25, -0.2) is 4.39 Å². The van der Waals surface area contributed by atoms with Gasteiger partial charge in [0.05, 0.1) is 11.3 Å². The van der Waals surface area contributed by atoms with Gasteiger partial charge in [0.2, 0.25) is 5.43 Å². The van der Waals surface area contributed by atoms with E-state index in [4.69, 9.17) is 11.0 Å². The molecule has 5 heteroatoms. The Balaban J connectivity index is 2.32. The number of pyridine rings is 1. The predicted octanol–water partition coefficient (Wildman–Crippen LogP) is 1.49. The van der Waals surface area contributed by atoms with Crippen LogP contribution >= 0.6 is 0 Å². The monoisotopic (exact) mass is 243 g/mol. The average molecular weight is 243 g/mol. The topological polar surface area (TPSA) is 71.8 Å². The molecule has 0 aliphatic carbocycles. The summed E-state index contributed by atoms with van der Waals surface area (Å²) in [6.07, 6.45) is 3.10. The molecule has 2 rings (SSSR count). The van der Waals surface area contributed by atoms with Gasteiger partial charge in [-0.3, -0.25) is 4.79 Å². The highest BCUT2D eigenvalue weighted by molar-refractivity contribution is 5.36. The van der Waals surface area contributed by atoms with Crippen molar-refractivity contribution < 1.29 is 4.39 Å². The van der Waals surface area contributed by atoms with E-state index in [0.717, 1.165) is 5.56 Å². The number of halogens is 1. The number of hydrogen-bond acceptors (Lipinski definition) is 3. The molecule has 1 aromatic carbocycles. The third-order valence-electron chi connectivity index (χ3n) is 2.52. The predicted molar refractivity (Wildman–Crippen MR) is 65.3 cm³/mol. The van der Waals surface area contributed by atoms with E-state index < -0.39 is 5.82 Å². The first kappa shape index (κ1) is 11.9. The maximum absolute atomic E-state index is 13.1. The minimum absolute atomic E-state index is 0.00140. The quantitative estimate of drug-likeness (QED) is 0.868. The lowest BCUT2D eigenvalue weighted by Crippen LogP contribution is -2.11. The average Bonchev–Trinajstić information content (AvgIpc) is 2.36. The van der Waals surface area contributed by atoms with E-state index in [2.05, 4.69) is 0 Å². The van der Waals surface area contributed by atoms with Crippen LogP contribution in [0.2, 0.25) is 0 Å². The number of benzene rings is 1. The molecule has 0 aliphatic rings. The summed E-state index contributed by atoms with van der Waals surface area (Å²) >= 11 is 0. The first-order chi connectivity index (χ1) is 8.60. The first-order valence-corrected chi connectivity index (χ1v) is 5.24. The number of hydrogen-bond donors (Lipinski definition) is 1. The lowest BCUT2D eigenvalue weighted by molar-refractivity contribution is 0.622. The summed E-state index contributed by atoms with van der Waals surface area (Å²) in [5, 5.41) is 8.73. The number of nitrogens with two attached hydrogens (primary N) is 1.